The molecular weight excluding hydrogens is 228 g/mol. The summed E-state index contributed by atoms with van der Waals surface area (Å²) >= 11 is 0. The number of hydrogen-bond donors (Lipinski definition) is 0. The summed E-state index contributed by atoms with van der Waals surface area (Å²) in [5, 5.41) is 8.67. The lowest BCUT2D eigenvalue weighted by Gasteiger charge is -1.99. The molecule has 0 saturated carbocycles. The van der Waals surface area contributed by atoms with E-state index in [2.05, 4.69) is 0 Å². The SMILES string of the molecule is N#Cc1ccc(C(=O)c2ccc3ccccn23)o1. The van der Waals surface area contributed by atoms with Gasteiger partial charge in [0.15, 0.2) is 5.76 Å². The summed E-state index contributed by atoms with van der Waals surface area (Å²) < 4.78 is 6.93. The van der Waals surface area contributed by atoms with Crippen LogP contribution < -0.4 is 0 Å². The summed E-state index contributed by atoms with van der Waals surface area (Å²) in [6.07, 6.45) is 1.82. The Bertz CT molecular complexity index is 774. The van der Waals surface area contributed by atoms with Crippen molar-refractivity contribution in [3.63, 3.8) is 0 Å². The van der Waals surface area contributed by atoms with Crippen molar-refractivity contribution in [3.8, 4) is 6.07 Å². The highest BCUT2D eigenvalue weighted by Crippen LogP contribution is 2.16. The van der Waals surface area contributed by atoms with E-state index in [0.29, 0.717) is 5.69 Å². The zero-order chi connectivity index (χ0) is 12.5. The first kappa shape index (κ1) is 10.4. The maximum Gasteiger partial charge on any atom is 0.244 e. The molecule has 18 heavy (non-hydrogen) atoms. The number of hydrogen-bond acceptors (Lipinski definition) is 3. The van der Waals surface area contributed by atoms with Crippen molar-refractivity contribution in [1.29, 1.82) is 5.26 Å². The van der Waals surface area contributed by atoms with Crippen molar-refractivity contribution in [2.45, 2.75) is 0 Å². The van der Waals surface area contributed by atoms with E-state index in [1.54, 1.807) is 10.5 Å². The number of furan rings is 1. The van der Waals surface area contributed by atoms with Gasteiger partial charge in [-0.15, -0.1) is 0 Å². The number of aromatic nitrogens is 1. The van der Waals surface area contributed by atoms with Gasteiger partial charge in [-0.25, -0.2) is 0 Å². The maximum atomic E-state index is 12.2. The molecule has 0 aliphatic heterocycles. The first-order valence-corrected chi connectivity index (χ1v) is 5.40. The van der Waals surface area contributed by atoms with Crippen molar-refractivity contribution in [3.05, 3.63) is 65.9 Å². The molecule has 86 valence electrons. The highest BCUT2D eigenvalue weighted by Gasteiger charge is 2.16. The molecule has 0 atom stereocenters. The van der Waals surface area contributed by atoms with Crippen LogP contribution in [0, 0.1) is 11.3 Å². The molecule has 0 aliphatic rings. The molecule has 0 bridgehead atoms. The Labute approximate surface area is 103 Å². The monoisotopic (exact) mass is 236 g/mol. The number of fused-ring (bicyclic) bond motifs is 1. The Morgan fingerprint density at radius 2 is 2.06 bits per heavy atom. The van der Waals surface area contributed by atoms with Crippen molar-refractivity contribution in [2.75, 3.05) is 0 Å². The fourth-order valence-electron chi connectivity index (χ4n) is 1.89. The van der Waals surface area contributed by atoms with Gasteiger partial charge in [0.1, 0.15) is 6.07 Å². The molecule has 3 aromatic heterocycles. The van der Waals surface area contributed by atoms with Gasteiger partial charge in [-0.2, -0.15) is 5.26 Å². The summed E-state index contributed by atoms with van der Waals surface area (Å²) in [5.74, 6) is 0.0808. The lowest BCUT2D eigenvalue weighted by atomic mass is 10.2. The van der Waals surface area contributed by atoms with Crippen molar-refractivity contribution in [2.24, 2.45) is 0 Å². The Morgan fingerprint density at radius 1 is 1.17 bits per heavy atom. The minimum atomic E-state index is -0.234. The largest absolute Gasteiger partial charge is 0.442 e. The number of pyridine rings is 1. The second-order valence-corrected chi connectivity index (χ2v) is 3.82. The molecule has 0 amide bonds. The van der Waals surface area contributed by atoms with Crippen LogP contribution in [-0.2, 0) is 0 Å². The van der Waals surface area contributed by atoms with Crippen LogP contribution in [0.5, 0.6) is 0 Å². The van der Waals surface area contributed by atoms with E-state index in [9.17, 15) is 4.79 Å². The van der Waals surface area contributed by atoms with E-state index >= 15 is 0 Å². The van der Waals surface area contributed by atoms with Crippen LogP contribution in [0.15, 0.2) is 53.1 Å². The predicted octanol–water partition coefficient (Wildman–Crippen LogP) is 2.63. The van der Waals surface area contributed by atoms with Crippen LogP contribution >= 0.6 is 0 Å². The highest BCUT2D eigenvalue weighted by atomic mass is 16.3. The van der Waals surface area contributed by atoms with Gasteiger partial charge < -0.3 is 8.82 Å². The Kier molecular flexibility index (Phi) is 2.24. The molecule has 0 aliphatic carbocycles. The average Bonchev–Trinajstić information content (AvgIpc) is 3.04. The summed E-state index contributed by atoms with van der Waals surface area (Å²) in [6, 6.07) is 14.1. The average molecular weight is 236 g/mol. The maximum absolute atomic E-state index is 12.2. The lowest BCUT2D eigenvalue weighted by molar-refractivity contribution is 0.100. The fraction of sp³-hybridized carbons (Fsp3) is 0. The first-order valence-electron chi connectivity index (χ1n) is 5.40. The topological polar surface area (TPSA) is 58.4 Å². The molecule has 0 aromatic carbocycles. The van der Waals surface area contributed by atoms with E-state index < -0.39 is 0 Å². The number of carbonyl (C=O) groups excluding carboxylic acids is 1. The molecule has 0 saturated heterocycles. The van der Waals surface area contributed by atoms with Gasteiger partial charge in [0, 0.05) is 11.7 Å². The standard InChI is InChI=1S/C14H8N2O2/c15-9-11-5-7-13(18-11)14(17)12-6-4-10-3-1-2-8-16(10)12/h1-8H. The minimum Gasteiger partial charge on any atom is -0.442 e. The van der Waals surface area contributed by atoms with E-state index in [1.165, 1.54) is 12.1 Å². The van der Waals surface area contributed by atoms with Gasteiger partial charge in [0.25, 0.3) is 0 Å². The summed E-state index contributed by atoms with van der Waals surface area (Å²) in [7, 11) is 0. The van der Waals surface area contributed by atoms with Gasteiger partial charge in [-0.3, -0.25) is 4.79 Å². The Morgan fingerprint density at radius 3 is 2.83 bits per heavy atom. The normalized spacial score (nSPS) is 10.4. The predicted molar refractivity (Wildman–Crippen MR) is 64.3 cm³/mol. The number of nitrogens with zero attached hydrogens (tertiary/aromatic N) is 2. The molecule has 3 rings (SSSR count). The highest BCUT2D eigenvalue weighted by molar-refractivity contribution is 6.06. The van der Waals surface area contributed by atoms with E-state index in [0.717, 1.165) is 5.52 Å². The molecule has 0 unspecified atom stereocenters. The Balaban J connectivity index is 2.10. The van der Waals surface area contributed by atoms with Gasteiger partial charge in [0.05, 0.1) is 5.69 Å². The molecule has 0 radical (unpaired) electrons. The van der Waals surface area contributed by atoms with Crippen molar-refractivity contribution < 1.29 is 9.21 Å². The molecule has 4 heteroatoms. The van der Waals surface area contributed by atoms with Crippen LogP contribution in [0.4, 0.5) is 0 Å². The fourth-order valence-corrected chi connectivity index (χ4v) is 1.89. The van der Waals surface area contributed by atoms with Gasteiger partial charge in [0.2, 0.25) is 11.5 Å². The molecule has 0 spiro atoms. The van der Waals surface area contributed by atoms with Gasteiger partial charge in [-0.1, -0.05) is 6.07 Å². The molecule has 4 nitrogen and oxygen atoms in total. The number of nitriles is 1. The van der Waals surface area contributed by atoms with Crippen LogP contribution in [0.3, 0.4) is 0 Å². The minimum absolute atomic E-state index is 0.138. The quantitative estimate of drug-likeness (QED) is 0.642. The molecule has 0 N–H and O–H groups in total. The van der Waals surface area contributed by atoms with Gasteiger partial charge >= 0.3 is 0 Å². The zero-order valence-corrected chi connectivity index (χ0v) is 9.33. The number of carbonyl (C=O) groups is 1. The van der Waals surface area contributed by atoms with Crippen molar-refractivity contribution in [1.82, 2.24) is 4.40 Å². The summed E-state index contributed by atoms with van der Waals surface area (Å²) in [5.41, 5.74) is 1.46. The molecule has 3 heterocycles. The van der Waals surface area contributed by atoms with Crippen LogP contribution in [0.25, 0.3) is 5.52 Å². The number of ketones is 1. The second-order valence-electron chi connectivity index (χ2n) is 3.82. The smallest absolute Gasteiger partial charge is 0.244 e. The van der Waals surface area contributed by atoms with Crippen LogP contribution in [0.1, 0.15) is 22.0 Å². The molecule has 3 aromatic rings. The van der Waals surface area contributed by atoms with E-state index in [4.69, 9.17) is 9.68 Å². The Hall–Kier alpha value is -2.80. The van der Waals surface area contributed by atoms with Crippen LogP contribution in [-0.4, -0.2) is 10.2 Å². The third kappa shape index (κ3) is 1.50. The zero-order valence-electron chi connectivity index (χ0n) is 9.33. The number of rotatable bonds is 2. The second kappa shape index (κ2) is 3.90. The summed E-state index contributed by atoms with van der Waals surface area (Å²) in [6.45, 7) is 0. The molecular formula is C14H8N2O2. The third-order valence-corrected chi connectivity index (χ3v) is 2.74. The van der Waals surface area contributed by atoms with E-state index in [-0.39, 0.29) is 17.3 Å². The first-order chi connectivity index (χ1) is 8.79. The van der Waals surface area contributed by atoms with Gasteiger partial charge in [-0.05, 0) is 36.4 Å². The van der Waals surface area contributed by atoms with E-state index in [1.807, 2.05) is 36.5 Å². The lowest BCUT2D eigenvalue weighted by Crippen LogP contribution is -2.03. The van der Waals surface area contributed by atoms with Crippen LogP contribution in [0.2, 0.25) is 0 Å². The summed E-state index contributed by atoms with van der Waals surface area (Å²) in [4.78, 5) is 12.2. The van der Waals surface area contributed by atoms with Crippen molar-refractivity contribution >= 4 is 11.3 Å². The molecule has 0 fully saturated rings. The third-order valence-electron chi connectivity index (χ3n) is 2.74.